The highest BCUT2D eigenvalue weighted by atomic mass is 19.1. The maximum atomic E-state index is 14.4. The molecule has 26 heavy (non-hydrogen) atoms. The summed E-state index contributed by atoms with van der Waals surface area (Å²) >= 11 is 0. The van der Waals surface area contributed by atoms with Gasteiger partial charge in [0, 0.05) is 26.2 Å². The summed E-state index contributed by atoms with van der Waals surface area (Å²) in [7, 11) is 0. The number of anilines is 1. The number of carboxylic acids is 1. The topological polar surface area (TPSA) is 100 Å². The van der Waals surface area contributed by atoms with Gasteiger partial charge in [0.15, 0.2) is 17.3 Å². The Hall–Kier alpha value is -2.91. The van der Waals surface area contributed by atoms with Crippen LogP contribution in [0.5, 0.6) is 0 Å². The van der Waals surface area contributed by atoms with E-state index in [1.54, 1.807) is 30.6 Å². The SMILES string of the molecule is CC(C)(C)OC(=O)N1CCN(c2nc3c(C(=O)O)cnn3cc2F)CC1. The van der Waals surface area contributed by atoms with Gasteiger partial charge < -0.3 is 19.6 Å². The van der Waals surface area contributed by atoms with Crippen LogP contribution in [0, 0.1) is 5.82 Å². The van der Waals surface area contributed by atoms with Gasteiger partial charge in [-0.05, 0) is 20.8 Å². The van der Waals surface area contributed by atoms with Gasteiger partial charge in [0.2, 0.25) is 0 Å². The van der Waals surface area contributed by atoms with Crippen molar-refractivity contribution in [1.29, 1.82) is 0 Å². The van der Waals surface area contributed by atoms with Crippen LogP contribution in [0.2, 0.25) is 0 Å². The van der Waals surface area contributed by atoms with Crippen LogP contribution in [-0.2, 0) is 4.74 Å². The van der Waals surface area contributed by atoms with E-state index in [2.05, 4.69) is 10.1 Å². The maximum absolute atomic E-state index is 14.4. The Morgan fingerprint density at radius 1 is 1.23 bits per heavy atom. The number of hydrogen-bond donors (Lipinski definition) is 1. The van der Waals surface area contributed by atoms with E-state index in [0.29, 0.717) is 26.2 Å². The molecule has 0 saturated carbocycles. The van der Waals surface area contributed by atoms with Crippen LogP contribution in [0.3, 0.4) is 0 Å². The number of carbonyl (C=O) groups excluding carboxylic acids is 1. The summed E-state index contributed by atoms with van der Waals surface area (Å²) in [6.07, 6.45) is 1.82. The first kappa shape index (κ1) is 17.9. The molecule has 2 aromatic heterocycles. The fraction of sp³-hybridized carbons (Fsp3) is 0.500. The largest absolute Gasteiger partial charge is 0.477 e. The van der Waals surface area contributed by atoms with Crippen LogP contribution in [0.25, 0.3) is 5.65 Å². The van der Waals surface area contributed by atoms with Crippen molar-refractivity contribution in [3.05, 3.63) is 23.8 Å². The Bertz CT molecular complexity index is 852. The van der Waals surface area contributed by atoms with Crippen molar-refractivity contribution in [2.75, 3.05) is 31.1 Å². The van der Waals surface area contributed by atoms with E-state index in [4.69, 9.17) is 4.74 Å². The van der Waals surface area contributed by atoms with Crippen LogP contribution in [0.1, 0.15) is 31.1 Å². The number of amides is 1. The van der Waals surface area contributed by atoms with Crippen molar-refractivity contribution < 1.29 is 23.8 Å². The molecule has 1 aliphatic rings. The van der Waals surface area contributed by atoms with Gasteiger partial charge in [-0.2, -0.15) is 5.10 Å². The molecule has 1 aliphatic heterocycles. The highest BCUT2D eigenvalue weighted by molar-refractivity contribution is 5.94. The van der Waals surface area contributed by atoms with Crippen molar-refractivity contribution in [2.24, 2.45) is 0 Å². The van der Waals surface area contributed by atoms with Crippen LogP contribution in [0.4, 0.5) is 15.0 Å². The Kier molecular flexibility index (Phi) is 4.43. The second-order valence-corrected chi connectivity index (χ2v) is 7.00. The molecule has 0 radical (unpaired) electrons. The van der Waals surface area contributed by atoms with E-state index in [0.717, 1.165) is 16.9 Å². The first-order chi connectivity index (χ1) is 12.2. The van der Waals surface area contributed by atoms with Gasteiger partial charge in [0.05, 0.1) is 12.4 Å². The average molecular weight is 365 g/mol. The molecule has 1 amide bonds. The minimum atomic E-state index is -1.18. The lowest BCUT2D eigenvalue weighted by Crippen LogP contribution is -2.50. The minimum absolute atomic E-state index is 0.0457. The van der Waals surface area contributed by atoms with Crippen LogP contribution >= 0.6 is 0 Å². The van der Waals surface area contributed by atoms with Crippen LogP contribution < -0.4 is 4.90 Å². The summed E-state index contributed by atoms with van der Waals surface area (Å²) in [4.78, 5) is 30.7. The van der Waals surface area contributed by atoms with Crippen molar-refractivity contribution in [2.45, 2.75) is 26.4 Å². The molecular weight excluding hydrogens is 345 g/mol. The number of ether oxygens (including phenoxy) is 1. The zero-order valence-corrected chi connectivity index (χ0v) is 14.8. The molecule has 9 nitrogen and oxygen atoms in total. The van der Waals surface area contributed by atoms with Crippen molar-refractivity contribution in [1.82, 2.24) is 19.5 Å². The number of carboxylic acid groups (broad SMARTS) is 1. The van der Waals surface area contributed by atoms with Gasteiger partial charge >= 0.3 is 12.1 Å². The maximum Gasteiger partial charge on any atom is 0.410 e. The zero-order chi connectivity index (χ0) is 19.1. The molecule has 0 unspecified atom stereocenters. The molecule has 0 atom stereocenters. The molecule has 1 fully saturated rings. The van der Waals surface area contributed by atoms with E-state index in [9.17, 15) is 19.1 Å². The summed E-state index contributed by atoms with van der Waals surface area (Å²) in [5.41, 5.74) is -0.607. The number of halogens is 1. The molecule has 0 aliphatic carbocycles. The summed E-state index contributed by atoms with van der Waals surface area (Å²) < 4.78 is 20.8. The predicted octanol–water partition coefficient (Wildman–Crippen LogP) is 1.62. The summed E-state index contributed by atoms with van der Waals surface area (Å²) in [5.74, 6) is -1.74. The fourth-order valence-electron chi connectivity index (χ4n) is 2.68. The van der Waals surface area contributed by atoms with Crippen LogP contribution in [-0.4, -0.2) is 68.4 Å². The Morgan fingerprint density at radius 3 is 2.46 bits per heavy atom. The summed E-state index contributed by atoms with van der Waals surface area (Å²) in [5, 5.41) is 13.0. The number of aromatic carboxylic acids is 1. The highest BCUT2D eigenvalue weighted by Crippen LogP contribution is 2.21. The first-order valence-corrected chi connectivity index (χ1v) is 8.16. The van der Waals surface area contributed by atoms with E-state index >= 15 is 0 Å². The second kappa shape index (κ2) is 6.43. The summed E-state index contributed by atoms with van der Waals surface area (Å²) in [6, 6.07) is 0. The van der Waals surface area contributed by atoms with Crippen LogP contribution in [0.15, 0.2) is 12.4 Å². The monoisotopic (exact) mass is 365 g/mol. The standard InChI is InChI=1S/C16H20FN5O4/c1-16(2,3)26-15(25)21-6-4-20(5-7-21)13-11(17)9-22-12(19-13)10(8-18-22)14(23)24/h8-9H,4-7H2,1-3H3,(H,23,24). The van der Waals surface area contributed by atoms with Crippen molar-refractivity contribution in [3.8, 4) is 0 Å². The molecule has 3 heterocycles. The van der Waals surface area contributed by atoms with Gasteiger partial charge in [-0.1, -0.05) is 0 Å². The van der Waals surface area contributed by atoms with Gasteiger partial charge in [-0.3, -0.25) is 0 Å². The lowest BCUT2D eigenvalue weighted by atomic mass is 10.2. The average Bonchev–Trinajstić information content (AvgIpc) is 2.95. The van der Waals surface area contributed by atoms with E-state index in [1.807, 2.05) is 0 Å². The third-order valence-electron chi connectivity index (χ3n) is 3.89. The number of nitrogens with zero attached hydrogens (tertiary/aromatic N) is 5. The summed E-state index contributed by atoms with van der Waals surface area (Å²) in [6.45, 7) is 6.80. The van der Waals surface area contributed by atoms with E-state index in [-0.39, 0.29) is 17.0 Å². The third kappa shape index (κ3) is 3.53. The first-order valence-electron chi connectivity index (χ1n) is 8.16. The van der Waals surface area contributed by atoms with Crippen molar-refractivity contribution in [3.63, 3.8) is 0 Å². The number of rotatable bonds is 2. The third-order valence-corrected chi connectivity index (χ3v) is 3.89. The number of piperazine rings is 1. The molecule has 0 spiro atoms. The predicted molar refractivity (Wildman–Crippen MR) is 89.9 cm³/mol. The van der Waals surface area contributed by atoms with Gasteiger partial charge in [-0.15, -0.1) is 0 Å². The van der Waals surface area contributed by atoms with E-state index in [1.165, 1.54) is 0 Å². The minimum Gasteiger partial charge on any atom is -0.477 e. The fourth-order valence-corrected chi connectivity index (χ4v) is 2.68. The Labute approximate surface area is 149 Å². The smallest absolute Gasteiger partial charge is 0.410 e. The molecule has 2 aromatic rings. The Morgan fingerprint density at radius 2 is 1.88 bits per heavy atom. The quantitative estimate of drug-likeness (QED) is 0.863. The lowest BCUT2D eigenvalue weighted by molar-refractivity contribution is 0.0240. The molecule has 0 aromatic carbocycles. The molecule has 0 bridgehead atoms. The molecule has 3 rings (SSSR count). The molecule has 1 saturated heterocycles. The number of fused-ring (bicyclic) bond motifs is 1. The normalized spacial score (nSPS) is 15.4. The number of carbonyl (C=O) groups is 2. The van der Waals surface area contributed by atoms with Gasteiger partial charge in [-0.25, -0.2) is 23.5 Å². The lowest BCUT2D eigenvalue weighted by Gasteiger charge is -2.36. The molecule has 1 N–H and O–H groups in total. The zero-order valence-electron chi connectivity index (χ0n) is 14.8. The molecule has 140 valence electrons. The molecular formula is C16H20FN5O4. The Balaban J connectivity index is 1.77. The second-order valence-electron chi connectivity index (χ2n) is 7.00. The van der Waals surface area contributed by atoms with Gasteiger partial charge in [0.25, 0.3) is 0 Å². The van der Waals surface area contributed by atoms with Gasteiger partial charge in [0.1, 0.15) is 11.2 Å². The van der Waals surface area contributed by atoms with Crippen molar-refractivity contribution >= 4 is 23.5 Å². The van der Waals surface area contributed by atoms with E-state index < -0.39 is 23.5 Å². The number of hydrogen-bond acceptors (Lipinski definition) is 6. The number of aromatic nitrogens is 3. The highest BCUT2D eigenvalue weighted by Gasteiger charge is 2.28. The molecule has 10 heteroatoms.